The van der Waals surface area contributed by atoms with E-state index in [2.05, 4.69) is 16.4 Å². The highest BCUT2D eigenvalue weighted by Gasteiger charge is 2.13. The maximum Gasteiger partial charge on any atom is 0.292 e. The minimum absolute atomic E-state index is 0.0551. The lowest BCUT2D eigenvalue weighted by atomic mass is 10.1. The van der Waals surface area contributed by atoms with Crippen LogP contribution in [-0.4, -0.2) is 9.91 Å². The second-order valence-corrected chi connectivity index (χ2v) is 6.35. The number of allylic oxidation sites excluding steroid dienone is 1. The predicted octanol–water partition coefficient (Wildman–Crippen LogP) is 5.00. The molecular formula is C19H14N4O2S. The third kappa shape index (κ3) is 3.77. The molecule has 3 aromatic rings. The van der Waals surface area contributed by atoms with Crippen LogP contribution in [0.1, 0.15) is 10.6 Å². The van der Waals surface area contributed by atoms with Crippen LogP contribution in [0.5, 0.6) is 0 Å². The number of para-hydroxylation sites is 2. The van der Waals surface area contributed by atoms with Gasteiger partial charge in [-0.15, -0.1) is 11.3 Å². The Morgan fingerprint density at radius 2 is 2.00 bits per heavy atom. The topological polar surface area (TPSA) is 91.8 Å². The highest BCUT2D eigenvalue weighted by molar-refractivity contribution is 7.11. The smallest absolute Gasteiger partial charge is 0.292 e. The van der Waals surface area contributed by atoms with Gasteiger partial charge < -0.3 is 5.32 Å². The van der Waals surface area contributed by atoms with Gasteiger partial charge in [-0.1, -0.05) is 42.0 Å². The van der Waals surface area contributed by atoms with Crippen molar-refractivity contribution in [2.24, 2.45) is 0 Å². The average molecular weight is 362 g/mol. The predicted molar refractivity (Wildman–Crippen MR) is 103 cm³/mol. The Balaban J connectivity index is 1.86. The van der Waals surface area contributed by atoms with Crippen molar-refractivity contribution in [2.75, 3.05) is 5.32 Å². The Labute approximate surface area is 154 Å². The van der Waals surface area contributed by atoms with Crippen LogP contribution in [0, 0.1) is 28.4 Å². The number of anilines is 1. The van der Waals surface area contributed by atoms with Crippen molar-refractivity contribution in [1.82, 2.24) is 4.98 Å². The number of hydrogen-bond donors (Lipinski definition) is 1. The highest BCUT2D eigenvalue weighted by Crippen LogP contribution is 2.27. The number of thiazole rings is 1. The maximum atomic E-state index is 11.1. The van der Waals surface area contributed by atoms with Crippen LogP contribution in [0.4, 0.5) is 11.4 Å². The van der Waals surface area contributed by atoms with Crippen LogP contribution in [0.3, 0.4) is 0 Å². The summed E-state index contributed by atoms with van der Waals surface area (Å²) in [6, 6.07) is 16.3. The van der Waals surface area contributed by atoms with Crippen LogP contribution in [0.25, 0.3) is 16.8 Å². The molecule has 0 fully saturated rings. The van der Waals surface area contributed by atoms with Crippen molar-refractivity contribution in [3.05, 3.63) is 80.8 Å². The van der Waals surface area contributed by atoms with Crippen molar-refractivity contribution >= 4 is 28.3 Å². The molecule has 0 aliphatic heterocycles. The van der Waals surface area contributed by atoms with Crippen LogP contribution >= 0.6 is 11.3 Å². The Hall–Kier alpha value is -3.50. The Kier molecular flexibility index (Phi) is 5.06. The largest absolute Gasteiger partial charge is 0.355 e. The molecule has 0 bridgehead atoms. The van der Waals surface area contributed by atoms with Gasteiger partial charge in [-0.25, -0.2) is 4.98 Å². The summed E-state index contributed by atoms with van der Waals surface area (Å²) in [5.74, 6) is 0. The van der Waals surface area contributed by atoms with E-state index in [0.717, 1.165) is 16.8 Å². The molecule has 26 heavy (non-hydrogen) atoms. The van der Waals surface area contributed by atoms with Gasteiger partial charge in [0.25, 0.3) is 5.69 Å². The van der Waals surface area contributed by atoms with Crippen LogP contribution in [0.2, 0.25) is 0 Å². The van der Waals surface area contributed by atoms with Crippen LogP contribution in [-0.2, 0) is 0 Å². The fraction of sp³-hybridized carbons (Fsp3) is 0.0526. The number of nitro groups is 1. The van der Waals surface area contributed by atoms with Crippen molar-refractivity contribution in [3.8, 4) is 17.3 Å². The number of benzene rings is 2. The second kappa shape index (κ2) is 7.59. The molecule has 0 saturated heterocycles. The summed E-state index contributed by atoms with van der Waals surface area (Å²) < 4.78 is 0. The SMILES string of the molecule is Cc1ccc(-c2csc(/C(C#N)=C/Nc3ccccc3[N+](=O)[O-])n2)cc1. The van der Waals surface area contributed by atoms with Gasteiger partial charge in [-0.3, -0.25) is 10.1 Å². The zero-order valence-corrected chi connectivity index (χ0v) is 14.7. The van der Waals surface area contributed by atoms with Crippen LogP contribution in [0.15, 0.2) is 60.1 Å². The lowest BCUT2D eigenvalue weighted by Gasteiger charge is -2.02. The molecule has 7 heteroatoms. The van der Waals surface area contributed by atoms with E-state index in [1.807, 2.05) is 36.6 Å². The Morgan fingerprint density at radius 1 is 1.27 bits per heavy atom. The number of nitriles is 1. The molecular weight excluding hydrogens is 348 g/mol. The van der Waals surface area contributed by atoms with Crippen molar-refractivity contribution < 1.29 is 4.92 Å². The van der Waals surface area contributed by atoms with Crippen molar-refractivity contribution in [3.63, 3.8) is 0 Å². The van der Waals surface area contributed by atoms with E-state index in [9.17, 15) is 15.4 Å². The molecule has 1 aromatic heterocycles. The second-order valence-electron chi connectivity index (χ2n) is 5.49. The van der Waals surface area contributed by atoms with Gasteiger partial charge in [0.2, 0.25) is 0 Å². The van der Waals surface area contributed by atoms with E-state index >= 15 is 0 Å². The highest BCUT2D eigenvalue weighted by atomic mass is 32.1. The number of nitrogens with one attached hydrogen (secondary N) is 1. The molecule has 2 aromatic carbocycles. The van der Waals surface area contributed by atoms with E-state index in [4.69, 9.17) is 0 Å². The molecule has 0 unspecified atom stereocenters. The van der Waals surface area contributed by atoms with Gasteiger partial charge in [0, 0.05) is 23.2 Å². The van der Waals surface area contributed by atoms with Crippen LogP contribution < -0.4 is 5.32 Å². The van der Waals surface area contributed by atoms with E-state index in [0.29, 0.717) is 16.3 Å². The lowest BCUT2D eigenvalue weighted by Crippen LogP contribution is -1.96. The van der Waals surface area contributed by atoms with Crippen molar-refractivity contribution in [2.45, 2.75) is 6.92 Å². The molecule has 0 saturated carbocycles. The van der Waals surface area contributed by atoms with Gasteiger partial charge in [0.1, 0.15) is 22.3 Å². The molecule has 0 spiro atoms. The normalized spacial score (nSPS) is 11.0. The quantitative estimate of drug-likeness (QED) is 0.391. The number of aryl methyl sites for hydroxylation is 1. The minimum atomic E-state index is -0.471. The lowest BCUT2D eigenvalue weighted by molar-refractivity contribution is -0.383. The zero-order chi connectivity index (χ0) is 18.5. The standard InChI is InChI=1S/C19H14N4O2S/c1-13-6-8-14(9-7-13)17-12-26-19(22-17)15(10-20)11-21-16-4-2-3-5-18(16)23(24)25/h2-9,11-12,21H,1H3/b15-11+. The first-order valence-corrected chi connectivity index (χ1v) is 8.59. The number of nitro benzene ring substituents is 1. The van der Waals surface area contributed by atoms with Gasteiger partial charge in [-0.05, 0) is 13.0 Å². The fourth-order valence-electron chi connectivity index (χ4n) is 2.30. The van der Waals surface area contributed by atoms with Gasteiger partial charge in [-0.2, -0.15) is 5.26 Å². The van der Waals surface area contributed by atoms with Gasteiger partial charge >= 0.3 is 0 Å². The summed E-state index contributed by atoms with van der Waals surface area (Å²) >= 11 is 1.35. The number of rotatable bonds is 5. The molecule has 0 atom stereocenters. The summed E-state index contributed by atoms with van der Waals surface area (Å²) in [4.78, 5) is 15.1. The number of nitrogens with zero attached hydrogens (tertiary/aromatic N) is 3. The first kappa shape index (κ1) is 17.3. The monoisotopic (exact) mass is 362 g/mol. The van der Waals surface area contributed by atoms with E-state index in [1.165, 1.54) is 23.6 Å². The summed E-state index contributed by atoms with van der Waals surface area (Å²) in [6.45, 7) is 2.02. The third-order valence-electron chi connectivity index (χ3n) is 3.68. The average Bonchev–Trinajstić information content (AvgIpc) is 3.13. The maximum absolute atomic E-state index is 11.1. The molecule has 1 N–H and O–H groups in total. The van der Waals surface area contributed by atoms with Crippen molar-refractivity contribution in [1.29, 1.82) is 5.26 Å². The molecule has 0 amide bonds. The molecule has 0 radical (unpaired) electrons. The third-order valence-corrected chi connectivity index (χ3v) is 4.55. The molecule has 0 aliphatic rings. The van der Waals surface area contributed by atoms with E-state index in [-0.39, 0.29) is 5.69 Å². The van der Waals surface area contributed by atoms with Gasteiger partial charge in [0.05, 0.1) is 10.6 Å². The first-order valence-electron chi connectivity index (χ1n) is 7.71. The summed E-state index contributed by atoms with van der Waals surface area (Å²) in [5.41, 5.74) is 3.50. The zero-order valence-electron chi connectivity index (χ0n) is 13.8. The Morgan fingerprint density at radius 3 is 2.69 bits per heavy atom. The Bertz CT molecular complexity index is 1020. The molecule has 6 nitrogen and oxygen atoms in total. The van der Waals surface area contributed by atoms with E-state index in [1.54, 1.807) is 18.2 Å². The summed E-state index contributed by atoms with van der Waals surface area (Å²) in [6.07, 6.45) is 1.44. The molecule has 3 rings (SSSR count). The fourth-order valence-corrected chi connectivity index (χ4v) is 3.10. The summed E-state index contributed by atoms with van der Waals surface area (Å²) in [7, 11) is 0. The van der Waals surface area contributed by atoms with Gasteiger partial charge in [0.15, 0.2) is 0 Å². The van der Waals surface area contributed by atoms with E-state index < -0.39 is 4.92 Å². The molecule has 0 aliphatic carbocycles. The number of aromatic nitrogens is 1. The molecule has 1 heterocycles. The number of hydrogen-bond acceptors (Lipinski definition) is 6. The molecule has 128 valence electrons. The summed E-state index contributed by atoms with van der Waals surface area (Å²) in [5, 5.41) is 25.8. The first-order chi connectivity index (χ1) is 12.6. The minimum Gasteiger partial charge on any atom is -0.355 e.